The summed E-state index contributed by atoms with van der Waals surface area (Å²) in [6.07, 6.45) is 2.93. The Morgan fingerprint density at radius 1 is 1.39 bits per heavy atom. The zero-order chi connectivity index (χ0) is 13.2. The summed E-state index contributed by atoms with van der Waals surface area (Å²) in [5.41, 5.74) is 7.11. The maximum absolute atomic E-state index is 5.82. The quantitative estimate of drug-likeness (QED) is 0.861. The molecule has 3 N–H and O–H groups in total. The van der Waals surface area contributed by atoms with Gasteiger partial charge in [0, 0.05) is 0 Å². The van der Waals surface area contributed by atoms with E-state index >= 15 is 0 Å². The molecule has 2 rings (SSSR count). The van der Waals surface area contributed by atoms with Crippen LogP contribution >= 0.6 is 0 Å². The van der Waals surface area contributed by atoms with E-state index in [1.165, 1.54) is 5.56 Å². The lowest BCUT2D eigenvalue weighted by molar-refractivity contribution is 0.278. The van der Waals surface area contributed by atoms with E-state index in [1.54, 1.807) is 0 Å². The van der Waals surface area contributed by atoms with Gasteiger partial charge in [0.05, 0.1) is 11.9 Å². The zero-order valence-corrected chi connectivity index (χ0v) is 11.4. The first-order chi connectivity index (χ1) is 8.45. The van der Waals surface area contributed by atoms with Gasteiger partial charge in [-0.05, 0) is 35.6 Å². The van der Waals surface area contributed by atoms with Crippen LogP contribution in [0.2, 0.25) is 0 Å². The van der Waals surface area contributed by atoms with Gasteiger partial charge in [-0.1, -0.05) is 32.9 Å². The number of hydrogen-bond donors (Lipinski definition) is 2. The summed E-state index contributed by atoms with van der Waals surface area (Å²) < 4.78 is 5.82. The SMILES string of the molecule is CC(C)(C)c1cccc(OCC2CC=C(N)N2)c1. The van der Waals surface area contributed by atoms with Crippen LogP contribution in [-0.4, -0.2) is 12.6 Å². The molecule has 0 aromatic heterocycles. The largest absolute Gasteiger partial charge is 0.491 e. The van der Waals surface area contributed by atoms with Gasteiger partial charge in [0.25, 0.3) is 0 Å². The van der Waals surface area contributed by atoms with E-state index in [4.69, 9.17) is 10.5 Å². The Balaban J connectivity index is 1.94. The summed E-state index contributed by atoms with van der Waals surface area (Å²) in [6.45, 7) is 7.25. The van der Waals surface area contributed by atoms with Crippen molar-refractivity contribution in [1.29, 1.82) is 0 Å². The normalized spacial score (nSPS) is 19.3. The molecule has 3 nitrogen and oxygen atoms in total. The molecule has 98 valence electrons. The maximum atomic E-state index is 5.82. The third-order valence-electron chi connectivity index (χ3n) is 3.14. The minimum absolute atomic E-state index is 0.150. The van der Waals surface area contributed by atoms with Crippen LogP contribution in [0.1, 0.15) is 32.8 Å². The molecule has 18 heavy (non-hydrogen) atoms. The molecule has 0 bridgehead atoms. The predicted molar refractivity (Wildman–Crippen MR) is 74.4 cm³/mol. The standard InChI is InChI=1S/C15H22N2O/c1-15(2,3)11-5-4-6-13(9-11)18-10-12-7-8-14(16)17-12/h4-6,8-9,12,17H,7,10,16H2,1-3H3. The van der Waals surface area contributed by atoms with E-state index in [9.17, 15) is 0 Å². The summed E-state index contributed by atoms with van der Waals surface area (Å²) in [4.78, 5) is 0. The van der Waals surface area contributed by atoms with Gasteiger partial charge in [-0.3, -0.25) is 0 Å². The van der Waals surface area contributed by atoms with Crippen molar-refractivity contribution in [3.05, 3.63) is 41.7 Å². The number of nitrogens with one attached hydrogen (secondary N) is 1. The number of ether oxygens (including phenoxy) is 1. The Hall–Kier alpha value is -1.64. The van der Waals surface area contributed by atoms with Crippen LogP contribution < -0.4 is 15.8 Å². The number of rotatable bonds is 3. The Labute approximate surface area is 109 Å². The molecule has 1 atom stereocenters. The third kappa shape index (κ3) is 3.19. The maximum Gasteiger partial charge on any atom is 0.119 e. The van der Waals surface area contributed by atoms with Crippen LogP contribution in [0, 0.1) is 0 Å². The van der Waals surface area contributed by atoms with Gasteiger partial charge in [0.15, 0.2) is 0 Å². The van der Waals surface area contributed by atoms with Crippen molar-refractivity contribution < 1.29 is 4.74 Å². The number of nitrogens with two attached hydrogens (primary N) is 1. The van der Waals surface area contributed by atoms with E-state index in [0.29, 0.717) is 12.6 Å². The van der Waals surface area contributed by atoms with Gasteiger partial charge in [-0.15, -0.1) is 0 Å². The third-order valence-corrected chi connectivity index (χ3v) is 3.14. The molecule has 3 heteroatoms. The van der Waals surface area contributed by atoms with Crippen LogP contribution in [0.4, 0.5) is 0 Å². The fourth-order valence-corrected chi connectivity index (χ4v) is 1.98. The Kier molecular flexibility index (Phi) is 3.50. The van der Waals surface area contributed by atoms with Gasteiger partial charge in [0.1, 0.15) is 12.4 Å². The molecule has 1 aliphatic rings. The van der Waals surface area contributed by atoms with Crippen molar-refractivity contribution in [2.24, 2.45) is 5.73 Å². The topological polar surface area (TPSA) is 47.3 Å². The average Bonchev–Trinajstić information content (AvgIpc) is 2.72. The van der Waals surface area contributed by atoms with Crippen molar-refractivity contribution in [2.45, 2.75) is 38.6 Å². The molecule has 1 aromatic rings. The minimum Gasteiger partial charge on any atom is -0.491 e. The van der Waals surface area contributed by atoms with E-state index in [0.717, 1.165) is 18.0 Å². The highest BCUT2D eigenvalue weighted by Crippen LogP contribution is 2.25. The Morgan fingerprint density at radius 3 is 2.78 bits per heavy atom. The number of benzene rings is 1. The lowest BCUT2D eigenvalue weighted by Gasteiger charge is -2.20. The molecule has 1 aromatic carbocycles. The van der Waals surface area contributed by atoms with E-state index in [2.05, 4.69) is 38.2 Å². The van der Waals surface area contributed by atoms with Gasteiger partial charge in [-0.25, -0.2) is 0 Å². The summed E-state index contributed by atoms with van der Waals surface area (Å²) in [5, 5.41) is 3.18. The smallest absolute Gasteiger partial charge is 0.119 e. The molecule has 0 saturated carbocycles. The van der Waals surface area contributed by atoms with Gasteiger partial charge >= 0.3 is 0 Å². The van der Waals surface area contributed by atoms with Gasteiger partial charge in [0.2, 0.25) is 0 Å². The molecule has 0 fully saturated rings. The molecule has 0 saturated heterocycles. The molecule has 0 aliphatic carbocycles. The Morgan fingerprint density at radius 2 is 2.17 bits per heavy atom. The van der Waals surface area contributed by atoms with Crippen molar-refractivity contribution in [3.8, 4) is 5.75 Å². The van der Waals surface area contributed by atoms with Gasteiger partial charge in [-0.2, -0.15) is 0 Å². The fraction of sp³-hybridized carbons (Fsp3) is 0.467. The molecule has 1 heterocycles. The molecule has 1 aliphatic heterocycles. The van der Waals surface area contributed by atoms with Crippen molar-refractivity contribution in [1.82, 2.24) is 5.32 Å². The predicted octanol–water partition coefficient (Wildman–Crippen LogP) is 2.52. The van der Waals surface area contributed by atoms with Crippen LogP contribution in [0.3, 0.4) is 0 Å². The van der Waals surface area contributed by atoms with Crippen molar-refractivity contribution in [3.63, 3.8) is 0 Å². The summed E-state index contributed by atoms with van der Waals surface area (Å²) in [5.74, 6) is 1.68. The lowest BCUT2D eigenvalue weighted by atomic mass is 9.87. The van der Waals surface area contributed by atoms with Crippen LogP contribution in [-0.2, 0) is 5.41 Å². The first-order valence-electron chi connectivity index (χ1n) is 6.40. The second kappa shape index (κ2) is 4.92. The highest BCUT2D eigenvalue weighted by Gasteiger charge is 2.16. The second-order valence-electron chi connectivity index (χ2n) is 5.83. The second-order valence-corrected chi connectivity index (χ2v) is 5.83. The molecule has 0 radical (unpaired) electrons. The highest BCUT2D eigenvalue weighted by molar-refractivity contribution is 5.32. The van der Waals surface area contributed by atoms with Crippen LogP contribution in [0.15, 0.2) is 36.2 Å². The zero-order valence-electron chi connectivity index (χ0n) is 11.4. The summed E-state index contributed by atoms with van der Waals surface area (Å²) in [6, 6.07) is 8.60. The first-order valence-corrected chi connectivity index (χ1v) is 6.40. The molecular weight excluding hydrogens is 224 g/mol. The van der Waals surface area contributed by atoms with Gasteiger partial charge < -0.3 is 15.8 Å². The monoisotopic (exact) mass is 246 g/mol. The minimum atomic E-state index is 0.150. The molecule has 0 spiro atoms. The fourth-order valence-electron chi connectivity index (χ4n) is 1.98. The van der Waals surface area contributed by atoms with E-state index < -0.39 is 0 Å². The van der Waals surface area contributed by atoms with Crippen molar-refractivity contribution >= 4 is 0 Å². The average molecular weight is 246 g/mol. The highest BCUT2D eigenvalue weighted by atomic mass is 16.5. The van der Waals surface area contributed by atoms with Crippen LogP contribution in [0.25, 0.3) is 0 Å². The van der Waals surface area contributed by atoms with E-state index in [-0.39, 0.29) is 5.41 Å². The number of hydrogen-bond acceptors (Lipinski definition) is 3. The Bertz CT molecular complexity index is 446. The van der Waals surface area contributed by atoms with Crippen molar-refractivity contribution in [2.75, 3.05) is 6.61 Å². The first kappa shape index (κ1) is 12.8. The summed E-state index contributed by atoms with van der Waals surface area (Å²) >= 11 is 0. The van der Waals surface area contributed by atoms with E-state index in [1.807, 2.05) is 18.2 Å². The summed E-state index contributed by atoms with van der Waals surface area (Å²) in [7, 11) is 0. The molecule has 1 unspecified atom stereocenters. The van der Waals surface area contributed by atoms with Crippen LogP contribution in [0.5, 0.6) is 5.75 Å². The lowest BCUT2D eigenvalue weighted by Crippen LogP contribution is -2.31. The molecule has 0 amide bonds. The molecular formula is C15H22N2O.